The van der Waals surface area contributed by atoms with Crippen LogP contribution in [0.15, 0.2) is 48.5 Å². The lowest BCUT2D eigenvalue weighted by molar-refractivity contribution is -0.118. The number of carbonyl (C=O) groups excluding carboxylic acids is 3. The molecule has 0 aliphatic carbocycles. The maximum atomic E-state index is 13.6. The van der Waals surface area contributed by atoms with Crippen LogP contribution in [0.1, 0.15) is 29.3 Å². The fraction of sp³-hybridized carbons (Fsp3) is 0.250. The van der Waals surface area contributed by atoms with Crippen molar-refractivity contribution in [3.63, 3.8) is 0 Å². The molecule has 0 aromatic heterocycles. The van der Waals surface area contributed by atoms with E-state index in [0.717, 1.165) is 6.42 Å². The van der Waals surface area contributed by atoms with Gasteiger partial charge < -0.3 is 16.0 Å². The number of carbonyl (C=O) groups is 3. The summed E-state index contributed by atoms with van der Waals surface area (Å²) in [5.41, 5.74) is 1.43. The lowest BCUT2D eigenvalue weighted by Gasteiger charge is -2.09. The van der Waals surface area contributed by atoms with Crippen molar-refractivity contribution in [2.24, 2.45) is 0 Å². The van der Waals surface area contributed by atoms with Crippen LogP contribution in [0.4, 0.5) is 14.9 Å². The Morgan fingerprint density at radius 1 is 0.964 bits per heavy atom. The quantitative estimate of drug-likeness (QED) is 0.560. The van der Waals surface area contributed by atoms with E-state index in [9.17, 15) is 18.8 Å². The third kappa shape index (κ3) is 6.71. The van der Waals surface area contributed by atoms with Crippen LogP contribution in [0.5, 0.6) is 0 Å². The summed E-state index contributed by atoms with van der Waals surface area (Å²) in [5.74, 6) is -1.18. The van der Waals surface area contributed by atoms with E-state index in [-0.39, 0.29) is 24.8 Å². The van der Waals surface area contributed by atoms with Crippen LogP contribution in [-0.2, 0) is 11.3 Å². The molecule has 2 rings (SSSR count). The van der Waals surface area contributed by atoms with E-state index >= 15 is 0 Å². The van der Waals surface area contributed by atoms with Crippen LogP contribution >= 0.6 is 0 Å². The molecule has 0 spiro atoms. The second-order valence-electron chi connectivity index (χ2n) is 6.01. The van der Waals surface area contributed by atoms with Gasteiger partial charge in [-0.05, 0) is 36.8 Å². The first kappa shape index (κ1) is 20.9. The van der Waals surface area contributed by atoms with Crippen molar-refractivity contribution in [1.82, 2.24) is 16.0 Å². The van der Waals surface area contributed by atoms with Gasteiger partial charge in [-0.1, -0.05) is 25.1 Å². The molecule has 0 radical (unpaired) electrons. The molecule has 0 unspecified atom stereocenters. The number of imide groups is 1. The number of hydrogen-bond acceptors (Lipinski definition) is 4. The molecule has 8 heteroatoms. The van der Waals surface area contributed by atoms with E-state index in [2.05, 4.69) is 21.3 Å². The Balaban J connectivity index is 1.79. The highest BCUT2D eigenvalue weighted by molar-refractivity contribution is 5.96. The van der Waals surface area contributed by atoms with Gasteiger partial charge in [-0.15, -0.1) is 0 Å². The average molecular weight is 386 g/mol. The van der Waals surface area contributed by atoms with Gasteiger partial charge in [0, 0.05) is 29.9 Å². The molecule has 0 atom stereocenters. The lowest BCUT2D eigenvalue weighted by Crippen LogP contribution is -2.42. The first-order valence-electron chi connectivity index (χ1n) is 8.92. The Morgan fingerprint density at radius 3 is 2.36 bits per heavy atom. The summed E-state index contributed by atoms with van der Waals surface area (Å²) in [7, 11) is 0. The largest absolute Gasteiger partial charge is 0.376 e. The molecule has 7 nitrogen and oxygen atoms in total. The Hall–Kier alpha value is -3.42. The second kappa shape index (κ2) is 10.7. The normalized spacial score (nSPS) is 10.1. The summed E-state index contributed by atoms with van der Waals surface area (Å²) < 4.78 is 13.6. The van der Waals surface area contributed by atoms with Crippen molar-refractivity contribution in [3.8, 4) is 0 Å². The molecular formula is C20H23FN4O3. The lowest BCUT2D eigenvalue weighted by atomic mass is 10.1. The molecule has 2 aromatic rings. The molecule has 0 saturated carbocycles. The summed E-state index contributed by atoms with van der Waals surface area (Å²) >= 11 is 0. The zero-order valence-corrected chi connectivity index (χ0v) is 15.5. The van der Waals surface area contributed by atoms with Crippen molar-refractivity contribution in [1.29, 1.82) is 0 Å². The van der Waals surface area contributed by atoms with Gasteiger partial charge in [0.05, 0.1) is 6.54 Å². The minimum absolute atomic E-state index is 0.0849. The van der Waals surface area contributed by atoms with E-state index in [1.54, 1.807) is 42.5 Å². The molecule has 0 saturated heterocycles. The summed E-state index contributed by atoms with van der Waals surface area (Å²) in [6.45, 7) is 2.41. The molecule has 0 bridgehead atoms. The molecule has 28 heavy (non-hydrogen) atoms. The van der Waals surface area contributed by atoms with Gasteiger partial charge in [0.1, 0.15) is 5.82 Å². The molecule has 0 aliphatic rings. The summed E-state index contributed by atoms with van der Waals surface area (Å²) in [4.78, 5) is 35.2. The van der Waals surface area contributed by atoms with Gasteiger partial charge in [0.2, 0.25) is 5.91 Å². The first-order valence-corrected chi connectivity index (χ1v) is 8.92. The standard InChI is InChI=1S/C20H23FN4O3/c1-2-11-22-20(28)25-18(26)13-23-16-9-7-14(8-10-16)19(27)24-12-15-5-3-4-6-17(15)21/h3-10,23H,2,11-13H2,1H3,(H,24,27)(H2,22,25,26,28). The molecule has 4 N–H and O–H groups in total. The zero-order chi connectivity index (χ0) is 20.4. The van der Waals surface area contributed by atoms with Gasteiger partial charge in [-0.2, -0.15) is 0 Å². The first-order chi connectivity index (χ1) is 13.5. The third-order valence-electron chi connectivity index (χ3n) is 3.79. The van der Waals surface area contributed by atoms with Crippen molar-refractivity contribution < 1.29 is 18.8 Å². The fourth-order valence-electron chi connectivity index (χ4n) is 2.29. The highest BCUT2D eigenvalue weighted by Gasteiger charge is 2.09. The van der Waals surface area contributed by atoms with Crippen LogP contribution in [0.2, 0.25) is 0 Å². The molecule has 148 valence electrons. The minimum atomic E-state index is -0.532. The van der Waals surface area contributed by atoms with Crippen LogP contribution in [-0.4, -0.2) is 30.9 Å². The Morgan fingerprint density at radius 2 is 1.68 bits per heavy atom. The Kier molecular flexibility index (Phi) is 7.95. The molecule has 0 heterocycles. The molecule has 0 aliphatic heterocycles. The van der Waals surface area contributed by atoms with Crippen molar-refractivity contribution in [2.75, 3.05) is 18.4 Å². The van der Waals surface area contributed by atoms with Crippen molar-refractivity contribution in [3.05, 3.63) is 65.5 Å². The van der Waals surface area contributed by atoms with Crippen LogP contribution in [0.25, 0.3) is 0 Å². The predicted molar refractivity (Wildman–Crippen MR) is 104 cm³/mol. The average Bonchev–Trinajstić information content (AvgIpc) is 2.70. The van der Waals surface area contributed by atoms with E-state index < -0.39 is 11.9 Å². The number of nitrogens with one attached hydrogen (secondary N) is 4. The summed E-state index contributed by atoms with van der Waals surface area (Å²) in [6.07, 6.45) is 0.778. The summed E-state index contributed by atoms with van der Waals surface area (Å²) in [5, 5.41) is 10.3. The number of rotatable bonds is 8. The highest BCUT2D eigenvalue weighted by Crippen LogP contribution is 2.10. The zero-order valence-electron chi connectivity index (χ0n) is 15.5. The number of benzene rings is 2. The van der Waals surface area contributed by atoms with Gasteiger partial charge >= 0.3 is 6.03 Å². The Labute approximate surface area is 162 Å². The Bertz CT molecular complexity index is 824. The van der Waals surface area contributed by atoms with Gasteiger partial charge in [-0.25, -0.2) is 9.18 Å². The number of anilines is 1. The molecular weight excluding hydrogens is 363 g/mol. The van der Waals surface area contributed by atoms with Gasteiger partial charge in [0.25, 0.3) is 5.91 Å². The molecule has 4 amide bonds. The van der Waals surface area contributed by atoms with Gasteiger partial charge in [0.15, 0.2) is 0 Å². The topological polar surface area (TPSA) is 99.3 Å². The third-order valence-corrected chi connectivity index (χ3v) is 3.79. The molecule has 2 aromatic carbocycles. The maximum Gasteiger partial charge on any atom is 0.321 e. The van der Waals surface area contributed by atoms with E-state index in [1.165, 1.54) is 6.07 Å². The molecule has 0 fully saturated rings. The van der Waals surface area contributed by atoms with Crippen LogP contribution in [0, 0.1) is 5.82 Å². The fourth-order valence-corrected chi connectivity index (χ4v) is 2.29. The maximum absolute atomic E-state index is 13.6. The summed E-state index contributed by atoms with van der Waals surface area (Å²) in [6, 6.07) is 12.2. The van der Waals surface area contributed by atoms with E-state index in [4.69, 9.17) is 0 Å². The highest BCUT2D eigenvalue weighted by atomic mass is 19.1. The smallest absolute Gasteiger partial charge is 0.321 e. The van der Waals surface area contributed by atoms with Crippen LogP contribution < -0.4 is 21.3 Å². The second-order valence-corrected chi connectivity index (χ2v) is 6.01. The number of hydrogen-bond donors (Lipinski definition) is 4. The van der Waals surface area contributed by atoms with Gasteiger partial charge in [-0.3, -0.25) is 14.9 Å². The monoisotopic (exact) mass is 386 g/mol. The van der Waals surface area contributed by atoms with Crippen molar-refractivity contribution in [2.45, 2.75) is 19.9 Å². The number of halogens is 1. The minimum Gasteiger partial charge on any atom is -0.376 e. The SMILES string of the molecule is CCCNC(=O)NC(=O)CNc1ccc(C(=O)NCc2ccccc2F)cc1. The number of urea groups is 1. The van der Waals surface area contributed by atoms with Crippen LogP contribution in [0.3, 0.4) is 0 Å². The van der Waals surface area contributed by atoms with E-state index in [1.807, 2.05) is 6.92 Å². The van der Waals surface area contributed by atoms with E-state index in [0.29, 0.717) is 23.4 Å². The predicted octanol–water partition coefficient (Wildman–Crippen LogP) is 2.40. The van der Waals surface area contributed by atoms with Crippen molar-refractivity contribution >= 4 is 23.5 Å². The number of amides is 4.